The molecule has 0 radical (unpaired) electrons. The molecule has 0 aromatic heterocycles. The van der Waals surface area contributed by atoms with Crippen LogP contribution in [0.1, 0.15) is 42.1 Å². The first-order chi connectivity index (χ1) is 10.9. The number of amides is 2. The van der Waals surface area contributed by atoms with Gasteiger partial charge in [0.25, 0.3) is 0 Å². The molecular weight excluding hydrogens is 320 g/mol. The molecule has 7 heteroatoms. The van der Waals surface area contributed by atoms with E-state index in [1.807, 2.05) is 0 Å². The number of nitrogens with two attached hydrogens (primary N) is 1. The molecule has 0 aliphatic heterocycles. The van der Waals surface area contributed by atoms with Gasteiger partial charge in [-0.3, -0.25) is 9.59 Å². The van der Waals surface area contributed by atoms with Crippen molar-refractivity contribution in [3.05, 3.63) is 34.3 Å². The Labute approximate surface area is 140 Å². The third-order valence-corrected chi connectivity index (χ3v) is 3.39. The van der Waals surface area contributed by atoms with E-state index in [2.05, 4.69) is 5.32 Å². The Hall–Kier alpha value is -2.08. The van der Waals surface area contributed by atoms with Gasteiger partial charge in [0.1, 0.15) is 0 Å². The van der Waals surface area contributed by atoms with E-state index >= 15 is 0 Å². The number of urea groups is 1. The van der Waals surface area contributed by atoms with Gasteiger partial charge < -0.3 is 15.8 Å². The lowest BCUT2D eigenvalue weighted by Gasteiger charge is -2.09. The van der Waals surface area contributed by atoms with Crippen molar-refractivity contribution in [2.45, 2.75) is 32.6 Å². The molecule has 3 N–H and O–H groups in total. The first-order valence-electron chi connectivity index (χ1n) is 7.44. The van der Waals surface area contributed by atoms with Crippen molar-refractivity contribution in [2.24, 2.45) is 5.73 Å². The lowest BCUT2D eigenvalue weighted by atomic mass is 9.97. The molecule has 126 valence electrons. The predicted octanol–water partition coefficient (Wildman–Crippen LogP) is 2.47. The lowest BCUT2D eigenvalue weighted by molar-refractivity contribution is -0.143. The maximum atomic E-state index is 12.3. The van der Waals surface area contributed by atoms with Gasteiger partial charge in [0.2, 0.25) is 0 Å². The fraction of sp³-hybridized carbons (Fsp3) is 0.438. The number of benzene rings is 1. The third-order valence-electron chi connectivity index (χ3n) is 3.15. The van der Waals surface area contributed by atoms with Crippen molar-refractivity contribution in [1.82, 2.24) is 5.32 Å². The predicted molar refractivity (Wildman–Crippen MR) is 87.6 cm³/mol. The van der Waals surface area contributed by atoms with Gasteiger partial charge in [-0.1, -0.05) is 11.6 Å². The highest BCUT2D eigenvalue weighted by atomic mass is 35.5. The Morgan fingerprint density at radius 2 is 2.00 bits per heavy atom. The van der Waals surface area contributed by atoms with Crippen LogP contribution >= 0.6 is 11.6 Å². The highest BCUT2D eigenvalue weighted by Crippen LogP contribution is 2.20. The second-order valence-electron chi connectivity index (χ2n) is 4.92. The van der Waals surface area contributed by atoms with E-state index in [1.165, 1.54) is 0 Å². The Morgan fingerprint density at radius 1 is 1.26 bits per heavy atom. The largest absolute Gasteiger partial charge is 0.466 e. The lowest BCUT2D eigenvalue weighted by Crippen LogP contribution is -2.30. The van der Waals surface area contributed by atoms with Crippen molar-refractivity contribution in [3.63, 3.8) is 0 Å². The third kappa shape index (κ3) is 7.15. The van der Waals surface area contributed by atoms with Crippen LogP contribution in [0.5, 0.6) is 0 Å². The quantitative estimate of drug-likeness (QED) is 0.410. The average Bonchev–Trinajstić information content (AvgIpc) is 2.49. The molecule has 0 aliphatic carbocycles. The Kier molecular flexibility index (Phi) is 8.11. The summed E-state index contributed by atoms with van der Waals surface area (Å²) in [6, 6.07) is 4.38. The summed E-state index contributed by atoms with van der Waals surface area (Å²) in [4.78, 5) is 34.3. The zero-order valence-electron chi connectivity index (χ0n) is 13.1. The molecule has 0 heterocycles. The monoisotopic (exact) mass is 340 g/mol. The van der Waals surface area contributed by atoms with Gasteiger partial charge in [-0.15, -0.1) is 0 Å². The van der Waals surface area contributed by atoms with E-state index < -0.39 is 6.03 Å². The first-order valence-corrected chi connectivity index (χ1v) is 7.82. The topological polar surface area (TPSA) is 98.5 Å². The van der Waals surface area contributed by atoms with E-state index in [4.69, 9.17) is 22.1 Å². The molecule has 0 atom stereocenters. The molecule has 0 fully saturated rings. The molecule has 0 aliphatic rings. The summed E-state index contributed by atoms with van der Waals surface area (Å²) in [6.45, 7) is 2.41. The van der Waals surface area contributed by atoms with Crippen molar-refractivity contribution in [3.8, 4) is 0 Å². The maximum absolute atomic E-state index is 12.3. The maximum Gasteiger partial charge on any atom is 0.312 e. The number of carbonyl (C=O) groups excluding carboxylic acids is 3. The van der Waals surface area contributed by atoms with E-state index in [1.54, 1.807) is 25.1 Å². The van der Waals surface area contributed by atoms with E-state index in [0.717, 1.165) is 5.56 Å². The minimum Gasteiger partial charge on any atom is -0.466 e. The summed E-state index contributed by atoms with van der Waals surface area (Å²) in [5, 5.41) is 2.94. The molecule has 0 unspecified atom stereocenters. The molecule has 2 amide bonds. The van der Waals surface area contributed by atoms with Crippen molar-refractivity contribution >= 4 is 29.4 Å². The number of hydrogen-bond acceptors (Lipinski definition) is 4. The van der Waals surface area contributed by atoms with Crippen LogP contribution < -0.4 is 11.1 Å². The molecule has 0 saturated carbocycles. The zero-order chi connectivity index (χ0) is 17.2. The number of primary amides is 1. The fourth-order valence-corrected chi connectivity index (χ4v) is 2.30. The number of carbonyl (C=O) groups is 3. The molecule has 0 spiro atoms. The number of nitrogens with one attached hydrogen (secondary N) is 1. The number of esters is 1. The highest BCUT2D eigenvalue weighted by Gasteiger charge is 2.13. The minimum absolute atomic E-state index is 0.0632. The summed E-state index contributed by atoms with van der Waals surface area (Å²) < 4.78 is 4.89. The molecule has 1 aromatic rings. The van der Waals surface area contributed by atoms with Crippen molar-refractivity contribution in [1.29, 1.82) is 0 Å². The number of hydrogen-bond donors (Lipinski definition) is 2. The Balaban J connectivity index is 2.67. The second kappa shape index (κ2) is 9.84. The zero-order valence-corrected chi connectivity index (χ0v) is 13.8. The van der Waals surface area contributed by atoms with Gasteiger partial charge in [-0.25, -0.2) is 4.79 Å². The second-order valence-corrected chi connectivity index (χ2v) is 5.36. The van der Waals surface area contributed by atoms with Crippen LogP contribution in [-0.4, -0.2) is 30.9 Å². The van der Waals surface area contributed by atoms with Gasteiger partial charge in [0.15, 0.2) is 5.78 Å². The summed E-state index contributed by atoms with van der Waals surface area (Å²) in [5.74, 6) is -0.372. The summed E-state index contributed by atoms with van der Waals surface area (Å²) in [6.07, 6.45) is 1.34. The summed E-state index contributed by atoms with van der Waals surface area (Å²) in [7, 11) is 0. The van der Waals surface area contributed by atoms with Crippen molar-refractivity contribution < 1.29 is 19.1 Å². The van der Waals surface area contributed by atoms with Gasteiger partial charge in [-0.05, 0) is 43.5 Å². The standard InChI is InChI=1S/C16H21ClN2O4/c1-2-23-15(21)8-5-11-10-12(17)6-7-13(11)14(20)4-3-9-19-16(18)22/h6-7,10H,2-5,8-9H2,1H3,(H3,18,19,22). The summed E-state index contributed by atoms with van der Waals surface area (Å²) in [5.41, 5.74) is 6.22. The van der Waals surface area contributed by atoms with E-state index in [-0.39, 0.29) is 24.6 Å². The number of Topliss-reactive ketones (excluding diaryl/α,β-unsaturated/α-hetero) is 1. The SMILES string of the molecule is CCOC(=O)CCc1cc(Cl)ccc1C(=O)CCCNC(N)=O. The van der Waals surface area contributed by atoms with Crippen LogP contribution in [-0.2, 0) is 16.0 Å². The van der Waals surface area contributed by atoms with Gasteiger partial charge in [-0.2, -0.15) is 0 Å². The number of ether oxygens (including phenoxy) is 1. The Morgan fingerprint density at radius 3 is 2.65 bits per heavy atom. The molecular formula is C16H21ClN2O4. The number of halogens is 1. The number of aryl methyl sites for hydroxylation is 1. The highest BCUT2D eigenvalue weighted by molar-refractivity contribution is 6.30. The van der Waals surface area contributed by atoms with Crippen LogP contribution in [0.4, 0.5) is 4.79 Å². The molecule has 0 bridgehead atoms. The molecule has 0 saturated heterocycles. The first kappa shape index (κ1) is 19.0. The van der Waals surface area contributed by atoms with Crippen LogP contribution in [0.25, 0.3) is 0 Å². The number of ketones is 1. The number of rotatable bonds is 9. The summed E-state index contributed by atoms with van der Waals surface area (Å²) >= 11 is 5.97. The van der Waals surface area contributed by atoms with Crippen LogP contribution in [0.3, 0.4) is 0 Å². The smallest absolute Gasteiger partial charge is 0.312 e. The average molecular weight is 341 g/mol. The van der Waals surface area contributed by atoms with Crippen molar-refractivity contribution in [2.75, 3.05) is 13.2 Å². The van der Waals surface area contributed by atoms with E-state index in [0.29, 0.717) is 36.6 Å². The van der Waals surface area contributed by atoms with Crippen LogP contribution in [0.2, 0.25) is 5.02 Å². The Bertz CT molecular complexity index is 575. The van der Waals surface area contributed by atoms with E-state index in [9.17, 15) is 14.4 Å². The molecule has 23 heavy (non-hydrogen) atoms. The normalized spacial score (nSPS) is 10.2. The van der Waals surface area contributed by atoms with Crippen LogP contribution in [0.15, 0.2) is 18.2 Å². The van der Waals surface area contributed by atoms with Crippen LogP contribution in [0, 0.1) is 0 Å². The van der Waals surface area contributed by atoms with Gasteiger partial charge in [0, 0.05) is 30.0 Å². The van der Waals surface area contributed by atoms with Gasteiger partial charge >= 0.3 is 12.0 Å². The fourth-order valence-electron chi connectivity index (χ4n) is 2.11. The molecule has 1 aromatic carbocycles. The molecule has 1 rings (SSSR count). The minimum atomic E-state index is -0.612. The van der Waals surface area contributed by atoms with Gasteiger partial charge in [0.05, 0.1) is 6.61 Å². The molecule has 6 nitrogen and oxygen atoms in total.